The Morgan fingerprint density at radius 3 is 3.08 bits per heavy atom. The van der Waals surface area contributed by atoms with Crippen LogP contribution in [0, 0.1) is 0 Å². The highest BCUT2D eigenvalue weighted by Gasteiger charge is 2.21. The molecule has 72 valence electrons. The Morgan fingerprint density at radius 2 is 2.38 bits per heavy atom. The van der Waals surface area contributed by atoms with Crippen molar-refractivity contribution in [1.29, 1.82) is 0 Å². The number of nitrogens with two attached hydrogens (primary N) is 1. The summed E-state index contributed by atoms with van der Waals surface area (Å²) in [6.45, 7) is 2.15. The summed E-state index contributed by atoms with van der Waals surface area (Å²) in [5, 5.41) is 0. The second-order valence-corrected chi connectivity index (χ2v) is 3.84. The van der Waals surface area contributed by atoms with Gasteiger partial charge in [-0.05, 0) is 12.8 Å². The van der Waals surface area contributed by atoms with Crippen LogP contribution in [-0.4, -0.2) is 15.6 Å². The third kappa shape index (κ3) is 1.37. The van der Waals surface area contributed by atoms with Crippen molar-refractivity contribution in [2.45, 2.75) is 38.6 Å². The van der Waals surface area contributed by atoms with E-state index in [9.17, 15) is 0 Å². The molecule has 0 bridgehead atoms. The van der Waals surface area contributed by atoms with E-state index >= 15 is 0 Å². The molecule has 1 aromatic heterocycles. The standard InChI is InChI=1S/C10H17N3/c1-3-10-12-8-6-7(11)4-5-9(8)13(10)2/h7H,3-6,11H2,1-2H3. The predicted octanol–water partition coefficient (Wildman–Crippen LogP) is 0.799. The lowest BCUT2D eigenvalue weighted by atomic mass is 9.97. The molecule has 13 heavy (non-hydrogen) atoms. The largest absolute Gasteiger partial charge is 0.335 e. The Bertz CT molecular complexity index is 314. The van der Waals surface area contributed by atoms with Crippen molar-refractivity contribution in [3.8, 4) is 0 Å². The average Bonchev–Trinajstić information content (AvgIpc) is 2.42. The average molecular weight is 179 g/mol. The van der Waals surface area contributed by atoms with E-state index in [1.54, 1.807) is 0 Å². The first-order chi connectivity index (χ1) is 6.22. The van der Waals surface area contributed by atoms with E-state index in [-0.39, 0.29) is 0 Å². The molecule has 3 nitrogen and oxygen atoms in total. The maximum Gasteiger partial charge on any atom is 0.108 e. The lowest BCUT2D eigenvalue weighted by Gasteiger charge is -2.17. The summed E-state index contributed by atoms with van der Waals surface area (Å²) in [4.78, 5) is 4.60. The molecule has 1 atom stereocenters. The SMILES string of the molecule is CCc1nc2c(n1C)CCC(N)C2. The summed E-state index contributed by atoms with van der Waals surface area (Å²) in [6.07, 6.45) is 4.18. The molecule has 2 rings (SSSR count). The zero-order valence-electron chi connectivity index (χ0n) is 8.38. The highest BCUT2D eigenvalue weighted by atomic mass is 15.1. The number of hydrogen-bond donors (Lipinski definition) is 1. The van der Waals surface area contributed by atoms with Gasteiger partial charge in [-0.2, -0.15) is 0 Å². The zero-order chi connectivity index (χ0) is 9.42. The Hall–Kier alpha value is -0.830. The van der Waals surface area contributed by atoms with Gasteiger partial charge in [-0.15, -0.1) is 0 Å². The fraction of sp³-hybridized carbons (Fsp3) is 0.700. The van der Waals surface area contributed by atoms with Crippen LogP contribution < -0.4 is 5.73 Å². The van der Waals surface area contributed by atoms with Crippen molar-refractivity contribution in [3.05, 3.63) is 17.2 Å². The van der Waals surface area contributed by atoms with Crippen molar-refractivity contribution in [1.82, 2.24) is 9.55 Å². The summed E-state index contributed by atoms with van der Waals surface area (Å²) in [7, 11) is 2.11. The Balaban J connectivity index is 2.39. The predicted molar refractivity (Wildman–Crippen MR) is 52.6 cm³/mol. The van der Waals surface area contributed by atoms with Crippen LogP contribution in [0.5, 0.6) is 0 Å². The second kappa shape index (κ2) is 3.14. The highest BCUT2D eigenvalue weighted by Crippen LogP contribution is 2.20. The summed E-state index contributed by atoms with van der Waals surface area (Å²) < 4.78 is 2.24. The summed E-state index contributed by atoms with van der Waals surface area (Å²) >= 11 is 0. The Kier molecular flexibility index (Phi) is 2.12. The normalized spacial score (nSPS) is 21.6. The molecule has 1 aliphatic rings. The summed E-state index contributed by atoms with van der Waals surface area (Å²) in [6, 6.07) is 0.326. The molecule has 2 N–H and O–H groups in total. The molecule has 0 aromatic carbocycles. The van der Waals surface area contributed by atoms with Crippen LogP contribution in [0.1, 0.15) is 30.6 Å². The molecule has 0 amide bonds. The van der Waals surface area contributed by atoms with Crippen LogP contribution in [0.3, 0.4) is 0 Å². The van der Waals surface area contributed by atoms with Crippen LogP contribution in [0.2, 0.25) is 0 Å². The molecule has 0 fully saturated rings. The van der Waals surface area contributed by atoms with Gasteiger partial charge in [0.2, 0.25) is 0 Å². The van der Waals surface area contributed by atoms with Crippen LogP contribution >= 0.6 is 0 Å². The van der Waals surface area contributed by atoms with Gasteiger partial charge in [0.15, 0.2) is 0 Å². The van der Waals surface area contributed by atoms with Crippen LogP contribution in [0.25, 0.3) is 0 Å². The van der Waals surface area contributed by atoms with Gasteiger partial charge in [-0.25, -0.2) is 4.98 Å². The lowest BCUT2D eigenvalue weighted by Crippen LogP contribution is -2.28. The molecule has 1 aromatic rings. The van der Waals surface area contributed by atoms with Crippen molar-refractivity contribution < 1.29 is 0 Å². The number of aromatic nitrogens is 2. The minimum absolute atomic E-state index is 0.326. The molecule has 3 heteroatoms. The Morgan fingerprint density at radius 1 is 1.62 bits per heavy atom. The number of imidazole rings is 1. The minimum Gasteiger partial charge on any atom is -0.335 e. The summed E-state index contributed by atoms with van der Waals surface area (Å²) in [5.41, 5.74) is 8.54. The van der Waals surface area contributed by atoms with E-state index in [1.165, 1.54) is 17.2 Å². The van der Waals surface area contributed by atoms with Gasteiger partial charge in [0.25, 0.3) is 0 Å². The van der Waals surface area contributed by atoms with Gasteiger partial charge in [0.1, 0.15) is 5.82 Å². The number of fused-ring (bicyclic) bond motifs is 1. The second-order valence-electron chi connectivity index (χ2n) is 3.84. The van der Waals surface area contributed by atoms with Crippen LogP contribution in [-0.2, 0) is 26.3 Å². The molecular weight excluding hydrogens is 162 g/mol. The third-order valence-electron chi connectivity index (χ3n) is 2.91. The first kappa shape index (κ1) is 8.75. The minimum atomic E-state index is 0.326. The van der Waals surface area contributed by atoms with Gasteiger partial charge >= 0.3 is 0 Å². The maximum absolute atomic E-state index is 5.90. The molecule has 0 aliphatic heterocycles. The molecular formula is C10H17N3. The van der Waals surface area contributed by atoms with Crippen LogP contribution in [0.4, 0.5) is 0 Å². The topological polar surface area (TPSA) is 43.8 Å². The van der Waals surface area contributed by atoms with Gasteiger partial charge < -0.3 is 10.3 Å². The molecule has 0 saturated carbocycles. The lowest BCUT2D eigenvalue weighted by molar-refractivity contribution is 0.553. The van der Waals surface area contributed by atoms with E-state index in [0.717, 1.165) is 25.7 Å². The third-order valence-corrected chi connectivity index (χ3v) is 2.91. The molecule has 0 saturated heterocycles. The van der Waals surface area contributed by atoms with E-state index < -0.39 is 0 Å². The van der Waals surface area contributed by atoms with Gasteiger partial charge in [-0.3, -0.25) is 0 Å². The number of rotatable bonds is 1. The van der Waals surface area contributed by atoms with E-state index in [1.807, 2.05) is 0 Å². The van der Waals surface area contributed by atoms with Crippen molar-refractivity contribution in [3.63, 3.8) is 0 Å². The Labute approximate surface area is 79.0 Å². The first-order valence-corrected chi connectivity index (χ1v) is 5.01. The van der Waals surface area contributed by atoms with Crippen molar-refractivity contribution in [2.24, 2.45) is 12.8 Å². The van der Waals surface area contributed by atoms with E-state index in [2.05, 4.69) is 23.5 Å². The summed E-state index contributed by atoms with van der Waals surface area (Å²) in [5.74, 6) is 1.19. The maximum atomic E-state index is 5.90. The first-order valence-electron chi connectivity index (χ1n) is 5.01. The van der Waals surface area contributed by atoms with E-state index in [4.69, 9.17) is 5.73 Å². The monoisotopic (exact) mass is 179 g/mol. The molecule has 1 heterocycles. The number of nitrogens with zero attached hydrogens (tertiary/aromatic N) is 2. The smallest absolute Gasteiger partial charge is 0.108 e. The van der Waals surface area contributed by atoms with Crippen molar-refractivity contribution in [2.75, 3.05) is 0 Å². The molecule has 0 spiro atoms. The highest BCUT2D eigenvalue weighted by molar-refractivity contribution is 5.21. The quantitative estimate of drug-likeness (QED) is 0.693. The molecule has 1 unspecified atom stereocenters. The van der Waals surface area contributed by atoms with Crippen molar-refractivity contribution >= 4 is 0 Å². The van der Waals surface area contributed by atoms with Gasteiger partial charge in [0.05, 0.1) is 5.69 Å². The zero-order valence-corrected chi connectivity index (χ0v) is 8.38. The molecule has 0 radical (unpaired) electrons. The molecule has 1 aliphatic carbocycles. The van der Waals surface area contributed by atoms with E-state index in [0.29, 0.717) is 6.04 Å². The number of hydrogen-bond acceptors (Lipinski definition) is 2. The van der Waals surface area contributed by atoms with Crippen LogP contribution in [0.15, 0.2) is 0 Å². The van der Waals surface area contributed by atoms with Gasteiger partial charge in [0, 0.05) is 31.6 Å². The van der Waals surface area contributed by atoms with Gasteiger partial charge in [-0.1, -0.05) is 6.92 Å². The fourth-order valence-corrected chi connectivity index (χ4v) is 2.11. The fourth-order valence-electron chi connectivity index (χ4n) is 2.11. The number of aryl methyl sites for hydroxylation is 1.